The van der Waals surface area contributed by atoms with Crippen molar-refractivity contribution in [3.8, 4) is 11.5 Å². The van der Waals surface area contributed by atoms with E-state index in [0.717, 1.165) is 23.7 Å². The summed E-state index contributed by atoms with van der Waals surface area (Å²) in [6.07, 6.45) is 1.79. The van der Waals surface area contributed by atoms with E-state index in [9.17, 15) is 14.7 Å². The number of rotatable bonds is 11. The minimum absolute atomic E-state index is 0. The normalized spacial score (nSPS) is 11.4. The van der Waals surface area contributed by atoms with Crippen LogP contribution in [0.5, 0.6) is 11.5 Å². The van der Waals surface area contributed by atoms with Crippen molar-refractivity contribution in [2.75, 3.05) is 18.9 Å². The lowest BCUT2D eigenvalue weighted by Gasteiger charge is -2.19. The summed E-state index contributed by atoms with van der Waals surface area (Å²) in [6.45, 7) is 2.72. The van der Waals surface area contributed by atoms with Crippen LogP contribution in [0.2, 0.25) is 10.0 Å². The molecule has 4 N–H and O–H groups in total. The molecule has 0 unspecified atom stereocenters. The molecule has 0 aliphatic heterocycles. The first kappa shape index (κ1) is 28.4. The maximum Gasteiger partial charge on any atom is 0.255 e. The Labute approximate surface area is 208 Å². The Kier molecular flexibility index (Phi) is 12.9. The molecule has 2 rings (SSSR count). The van der Waals surface area contributed by atoms with Crippen molar-refractivity contribution < 1.29 is 19.4 Å². The Morgan fingerprint density at radius 3 is 2.53 bits per heavy atom. The van der Waals surface area contributed by atoms with Gasteiger partial charge >= 0.3 is 0 Å². The number of unbranched alkanes of at least 4 members (excludes halogenated alkanes) is 1. The Morgan fingerprint density at radius 1 is 1.22 bits per heavy atom. The number of hydrogen-bond acceptors (Lipinski definition) is 6. The van der Waals surface area contributed by atoms with Crippen LogP contribution in [0, 0.1) is 0 Å². The third kappa shape index (κ3) is 8.05. The number of amides is 1. The largest absolute Gasteiger partial charge is 0.505 e. The van der Waals surface area contributed by atoms with E-state index >= 15 is 0 Å². The molecule has 0 aliphatic carbocycles. The maximum atomic E-state index is 12.9. The molecular weight excluding hydrogens is 495 g/mol. The number of ether oxygens (including phenoxy) is 1. The van der Waals surface area contributed by atoms with Crippen molar-refractivity contribution in [3.63, 3.8) is 0 Å². The second-order valence-electron chi connectivity index (χ2n) is 6.71. The lowest BCUT2D eigenvalue weighted by Crippen LogP contribution is -2.41. The molecule has 6 nitrogen and oxygen atoms in total. The fourth-order valence-corrected chi connectivity index (χ4v) is 4.03. The Morgan fingerprint density at radius 2 is 1.91 bits per heavy atom. The fourth-order valence-electron chi connectivity index (χ4n) is 2.84. The number of hydrogen-bond donors (Lipinski definition) is 3. The van der Waals surface area contributed by atoms with Crippen LogP contribution in [0.1, 0.15) is 35.7 Å². The molecule has 0 radical (unpaired) electrons. The first-order valence-electron chi connectivity index (χ1n) is 9.94. The van der Waals surface area contributed by atoms with Crippen LogP contribution in [0.3, 0.4) is 0 Å². The summed E-state index contributed by atoms with van der Waals surface area (Å²) in [5.41, 5.74) is 6.23. The van der Waals surface area contributed by atoms with Gasteiger partial charge in [0.15, 0.2) is 11.5 Å². The Bertz CT molecular complexity index is 900. The van der Waals surface area contributed by atoms with Crippen molar-refractivity contribution in [1.82, 2.24) is 5.32 Å². The zero-order valence-electron chi connectivity index (χ0n) is 17.6. The van der Waals surface area contributed by atoms with Crippen molar-refractivity contribution in [2.45, 2.75) is 32.2 Å². The lowest BCUT2D eigenvalue weighted by atomic mass is 10.1. The third-order valence-electron chi connectivity index (χ3n) is 4.40. The van der Waals surface area contributed by atoms with Gasteiger partial charge in [-0.25, -0.2) is 0 Å². The minimum atomic E-state index is -0.774. The Balaban J connectivity index is 0.00000512. The number of nitrogens with one attached hydrogen (secondary N) is 1. The SMILES string of the molecule is CCSC(=O)[C@@H](Cc1ccccc1)NC(=O)c1cc(Cl)c(OCCCCN)c(Cl)c1O.Cl. The van der Waals surface area contributed by atoms with Crippen LogP contribution in [0.15, 0.2) is 36.4 Å². The van der Waals surface area contributed by atoms with Crippen LogP contribution in [0.25, 0.3) is 0 Å². The Hall–Kier alpha value is -1.64. The monoisotopic (exact) mass is 520 g/mol. The quantitative estimate of drug-likeness (QED) is 0.365. The van der Waals surface area contributed by atoms with E-state index in [2.05, 4.69) is 5.32 Å². The van der Waals surface area contributed by atoms with Crippen molar-refractivity contribution in [3.05, 3.63) is 57.6 Å². The van der Waals surface area contributed by atoms with E-state index in [1.807, 2.05) is 37.3 Å². The molecule has 0 heterocycles. The van der Waals surface area contributed by atoms with Gasteiger partial charge in [0.1, 0.15) is 11.1 Å². The highest BCUT2D eigenvalue weighted by Crippen LogP contribution is 2.42. The molecule has 0 bridgehead atoms. The van der Waals surface area contributed by atoms with Crippen molar-refractivity contribution >= 4 is 58.4 Å². The second-order valence-corrected chi connectivity index (χ2v) is 8.76. The maximum absolute atomic E-state index is 12.9. The summed E-state index contributed by atoms with van der Waals surface area (Å²) in [4.78, 5) is 25.4. The highest BCUT2D eigenvalue weighted by atomic mass is 35.5. The van der Waals surface area contributed by atoms with E-state index in [1.165, 1.54) is 6.07 Å². The molecule has 0 aliphatic rings. The fraction of sp³-hybridized carbons (Fsp3) is 0.364. The van der Waals surface area contributed by atoms with Crippen LogP contribution in [0.4, 0.5) is 0 Å². The minimum Gasteiger partial charge on any atom is -0.505 e. The topological polar surface area (TPSA) is 102 Å². The van der Waals surface area contributed by atoms with E-state index in [1.54, 1.807) is 0 Å². The predicted octanol–water partition coefficient (Wildman–Crippen LogP) is 4.86. The van der Waals surface area contributed by atoms with E-state index in [-0.39, 0.29) is 38.9 Å². The first-order valence-corrected chi connectivity index (χ1v) is 11.7. The predicted molar refractivity (Wildman–Crippen MR) is 134 cm³/mol. The molecule has 1 amide bonds. The van der Waals surface area contributed by atoms with Gasteiger partial charge in [-0.2, -0.15) is 0 Å². The van der Waals surface area contributed by atoms with Gasteiger partial charge in [-0.15, -0.1) is 12.4 Å². The molecule has 0 saturated carbocycles. The van der Waals surface area contributed by atoms with Gasteiger partial charge in [-0.1, -0.05) is 72.2 Å². The van der Waals surface area contributed by atoms with Crippen LogP contribution >= 0.6 is 47.4 Å². The molecule has 32 heavy (non-hydrogen) atoms. The summed E-state index contributed by atoms with van der Waals surface area (Å²) in [7, 11) is 0. The lowest BCUT2D eigenvalue weighted by molar-refractivity contribution is -0.112. The van der Waals surface area contributed by atoms with Gasteiger partial charge in [0.05, 0.1) is 17.2 Å². The number of halogens is 3. The van der Waals surface area contributed by atoms with Crippen LogP contribution in [-0.2, 0) is 11.2 Å². The van der Waals surface area contributed by atoms with Gasteiger partial charge in [0.2, 0.25) is 5.12 Å². The van der Waals surface area contributed by atoms with E-state index in [4.69, 9.17) is 33.7 Å². The highest BCUT2D eigenvalue weighted by Gasteiger charge is 2.26. The summed E-state index contributed by atoms with van der Waals surface area (Å²) in [5, 5.41) is 12.9. The molecular formula is C22H27Cl3N2O4S. The molecule has 1 atom stereocenters. The number of nitrogens with two attached hydrogens (primary N) is 1. The number of thioether (sulfide) groups is 1. The van der Waals surface area contributed by atoms with Crippen LogP contribution < -0.4 is 15.8 Å². The van der Waals surface area contributed by atoms with E-state index < -0.39 is 17.7 Å². The number of aromatic hydroxyl groups is 1. The standard InChI is InChI=1S/C22H26Cl2N2O4S.ClH/c1-2-31-22(29)17(12-14-8-4-3-5-9-14)26-21(28)15-13-16(23)20(18(24)19(15)27)30-11-7-6-10-25;/h3-5,8-9,13,17,27H,2,6-7,10-12,25H2,1H3,(H,26,28);1H/t17-;/m1./s1. The molecule has 0 saturated heterocycles. The molecule has 0 aromatic heterocycles. The molecule has 10 heteroatoms. The third-order valence-corrected chi connectivity index (χ3v) is 5.89. The smallest absolute Gasteiger partial charge is 0.255 e. The summed E-state index contributed by atoms with van der Waals surface area (Å²) in [5.74, 6) is -0.416. The molecule has 0 fully saturated rings. The molecule has 2 aromatic rings. The van der Waals surface area contributed by atoms with Crippen LogP contribution in [-0.4, -0.2) is 41.1 Å². The number of phenols is 1. The van der Waals surface area contributed by atoms with Gasteiger partial charge < -0.3 is 20.9 Å². The second kappa shape index (κ2) is 14.5. The van der Waals surface area contributed by atoms with Gasteiger partial charge in [0, 0.05) is 6.42 Å². The van der Waals surface area contributed by atoms with Gasteiger partial charge in [-0.05, 0) is 36.8 Å². The van der Waals surface area contributed by atoms with Gasteiger partial charge in [-0.3, -0.25) is 9.59 Å². The zero-order chi connectivity index (χ0) is 22.8. The summed E-state index contributed by atoms with van der Waals surface area (Å²) < 4.78 is 5.55. The van der Waals surface area contributed by atoms with E-state index in [0.29, 0.717) is 31.7 Å². The summed E-state index contributed by atoms with van der Waals surface area (Å²) >= 11 is 13.6. The van der Waals surface area contributed by atoms with Crippen molar-refractivity contribution in [1.29, 1.82) is 0 Å². The first-order chi connectivity index (χ1) is 14.9. The molecule has 176 valence electrons. The molecule has 2 aromatic carbocycles. The highest BCUT2D eigenvalue weighted by molar-refractivity contribution is 8.13. The molecule has 0 spiro atoms. The number of carbonyl (C=O) groups is 2. The van der Waals surface area contributed by atoms with Gasteiger partial charge in [0.25, 0.3) is 5.91 Å². The summed E-state index contributed by atoms with van der Waals surface area (Å²) in [6, 6.07) is 9.88. The number of benzene rings is 2. The number of carbonyl (C=O) groups excluding carboxylic acids is 2. The number of phenolic OH excluding ortho intramolecular Hbond substituents is 1. The zero-order valence-corrected chi connectivity index (χ0v) is 20.8. The average molecular weight is 522 g/mol. The van der Waals surface area contributed by atoms with Crippen molar-refractivity contribution in [2.24, 2.45) is 5.73 Å². The average Bonchev–Trinajstić information content (AvgIpc) is 2.76.